The van der Waals surface area contributed by atoms with Gasteiger partial charge in [0, 0.05) is 54.9 Å². The van der Waals surface area contributed by atoms with Crippen LogP contribution in [0.1, 0.15) is 24.9 Å². The Bertz CT molecular complexity index is 480. The van der Waals surface area contributed by atoms with E-state index in [-0.39, 0.29) is 0 Å². The quantitative estimate of drug-likeness (QED) is 0.920. The first kappa shape index (κ1) is 15.6. The zero-order chi connectivity index (χ0) is 14.8. The van der Waals surface area contributed by atoms with Gasteiger partial charge in [0.15, 0.2) is 0 Å². The molecule has 0 spiro atoms. The first-order valence-electron chi connectivity index (χ1n) is 7.79. The molecule has 1 aromatic carbocycles. The van der Waals surface area contributed by atoms with Crippen LogP contribution in [0.3, 0.4) is 0 Å². The molecule has 1 N–H and O–H groups in total. The molecule has 21 heavy (non-hydrogen) atoms. The van der Waals surface area contributed by atoms with Crippen LogP contribution in [0.4, 0.5) is 0 Å². The molecule has 3 rings (SSSR count). The molecular weight excluding hydrogens is 305 g/mol. The predicted molar refractivity (Wildman–Crippen MR) is 89.3 cm³/mol. The standard InChI is InChI=1S/C16H23Cl2N3/c1-12(15-3-2-13(17)10-16(15)18)20-6-8-21(9-7-20)14-4-5-19-11-14/h2-3,10,12,14,19H,4-9,11H2,1H3. The van der Waals surface area contributed by atoms with Crippen molar-refractivity contribution in [2.75, 3.05) is 39.3 Å². The van der Waals surface area contributed by atoms with Crippen molar-refractivity contribution in [2.45, 2.75) is 25.4 Å². The Hall–Kier alpha value is -0.320. The van der Waals surface area contributed by atoms with Gasteiger partial charge in [-0.1, -0.05) is 29.3 Å². The van der Waals surface area contributed by atoms with Gasteiger partial charge in [-0.25, -0.2) is 0 Å². The highest BCUT2D eigenvalue weighted by Gasteiger charge is 2.28. The maximum absolute atomic E-state index is 6.35. The van der Waals surface area contributed by atoms with E-state index in [1.54, 1.807) is 0 Å². The fourth-order valence-electron chi connectivity index (χ4n) is 3.48. The number of nitrogens with zero attached hydrogens (tertiary/aromatic N) is 2. The van der Waals surface area contributed by atoms with Crippen molar-refractivity contribution in [3.05, 3.63) is 33.8 Å². The number of benzene rings is 1. The minimum absolute atomic E-state index is 0.346. The Labute approximate surface area is 137 Å². The fraction of sp³-hybridized carbons (Fsp3) is 0.625. The minimum Gasteiger partial charge on any atom is -0.315 e. The van der Waals surface area contributed by atoms with E-state index in [0.29, 0.717) is 11.1 Å². The molecule has 2 aliphatic heterocycles. The van der Waals surface area contributed by atoms with Crippen LogP contribution in [-0.2, 0) is 0 Å². The summed E-state index contributed by atoms with van der Waals surface area (Å²) in [5.74, 6) is 0. The lowest BCUT2D eigenvalue weighted by atomic mass is 10.1. The van der Waals surface area contributed by atoms with Crippen molar-refractivity contribution in [3.8, 4) is 0 Å². The second kappa shape index (κ2) is 6.84. The normalized spacial score (nSPS) is 26.1. The topological polar surface area (TPSA) is 18.5 Å². The Morgan fingerprint density at radius 1 is 1.19 bits per heavy atom. The van der Waals surface area contributed by atoms with Crippen LogP contribution in [0.2, 0.25) is 10.0 Å². The van der Waals surface area contributed by atoms with Gasteiger partial charge in [-0.2, -0.15) is 0 Å². The maximum Gasteiger partial charge on any atom is 0.0468 e. The minimum atomic E-state index is 0.346. The average molecular weight is 328 g/mol. The first-order chi connectivity index (χ1) is 10.1. The van der Waals surface area contributed by atoms with E-state index in [2.05, 4.69) is 28.1 Å². The van der Waals surface area contributed by atoms with Crippen molar-refractivity contribution < 1.29 is 0 Å². The lowest BCUT2D eigenvalue weighted by Gasteiger charge is -2.40. The third kappa shape index (κ3) is 3.54. The SMILES string of the molecule is CC(c1ccc(Cl)cc1Cl)N1CCN(C2CCNC2)CC1. The summed E-state index contributed by atoms with van der Waals surface area (Å²) in [6, 6.07) is 6.91. The van der Waals surface area contributed by atoms with E-state index >= 15 is 0 Å². The molecule has 2 atom stereocenters. The highest BCUT2D eigenvalue weighted by molar-refractivity contribution is 6.35. The van der Waals surface area contributed by atoms with Crippen LogP contribution in [0.25, 0.3) is 0 Å². The molecule has 116 valence electrons. The molecule has 0 bridgehead atoms. The molecule has 2 unspecified atom stereocenters. The molecule has 2 heterocycles. The van der Waals surface area contributed by atoms with E-state index in [1.807, 2.05) is 12.1 Å². The van der Waals surface area contributed by atoms with E-state index in [4.69, 9.17) is 23.2 Å². The summed E-state index contributed by atoms with van der Waals surface area (Å²) >= 11 is 12.3. The third-order valence-corrected chi connectivity index (χ3v) is 5.42. The average Bonchev–Trinajstić information content (AvgIpc) is 3.01. The fourth-order valence-corrected chi connectivity index (χ4v) is 4.04. The van der Waals surface area contributed by atoms with E-state index in [9.17, 15) is 0 Å². The summed E-state index contributed by atoms with van der Waals surface area (Å²) < 4.78 is 0. The van der Waals surface area contributed by atoms with Crippen LogP contribution in [0, 0.1) is 0 Å². The van der Waals surface area contributed by atoms with Gasteiger partial charge < -0.3 is 5.32 Å². The van der Waals surface area contributed by atoms with E-state index in [1.165, 1.54) is 18.5 Å². The number of halogens is 2. The first-order valence-corrected chi connectivity index (χ1v) is 8.54. The molecule has 3 nitrogen and oxygen atoms in total. The zero-order valence-corrected chi connectivity index (χ0v) is 14.0. The smallest absolute Gasteiger partial charge is 0.0468 e. The van der Waals surface area contributed by atoms with Gasteiger partial charge in [-0.3, -0.25) is 9.80 Å². The van der Waals surface area contributed by atoms with Crippen LogP contribution in [-0.4, -0.2) is 55.1 Å². The number of hydrogen-bond donors (Lipinski definition) is 1. The number of nitrogens with one attached hydrogen (secondary N) is 1. The van der Waals surface area contributed by atoms with Crippen LogP contribution in [0.5, 0.6) is 0 Å². The van der Waals surface area contributed by atoms with Gasteiger partial charge in [0.25, 0.3) is 0 Å². The Morgan fingerprint density at radius 3 is 2.57 bits per heavy atom. The summed E-state index contributed by atoms with van der Waals surface area (Å²) in [6.07, 6.45) is 1.29. The predicted octanol–water partition coefficient (Wildman–Crippen LogP) is 3.03. The third-order valence-electron chi connectivity index (χ3n) is 4.86. The van der Waals surface area contributed by atoms with E-state index in [0.717, 1.165) is 43.8 Å². The monoisotopic (exact) mass is 327 g/mol. The van der Waals surface area contributed by atoms with Gasteiger partial charge in [0.05, 0.1) is 0 Å². The molecule has 0 radical (unpaired) electrons. The molecule has 1 aromatic rings. The maximum atomic E-state index is 6.35. The molecule has 5 heteroatoms. The summed E-state index contributed by atoms with van der Waals surface area (Å²) in [5.41, 5.74) is 1.18. The molecular formula is C16H23Cl2N3. The summed E-state index contributed by atoms with van der Waals surface area (Å²) in [7, 11) is 0. The molecule has 0 amide bonds. The Kier molecular flexibility index (Phi) is 5.07. The largest absolute Gasteiger partial charge is 0.315 e. The lowest BCUT2D eigenvalue weighted by Crippen LogP contribution is -2.51. The molecule has 0 aliphatic carbocycles. The van der Waals surface area contributed by atoms with Crippen molar-refractivity contribution in [1.82, 2.24) is 15.1 Å². The Morgan fingerprint density at radius 2 is 1.95 bits per heavy atom. The van der Waals surface area contributed by atoms with Gasteiger partial charge >= 0.3 is 0 Å². The highest BCUT2D eigenvalue weighted by atomic mass is 35.5. The van der Waals surface area contributed by atoms with Crippen molar-refractivity contribution in [1.29, 1.82) is 0 Å². The summed E-state index contributed by atoms with van der Waals surface area (Å²) in [4.78, 5) is 5.15. The zero-order valence-electron chi connectivity index (χ0n) is 12.5. The van der Waals surface area contributed by atoms with Crippen molar-refractivity contribution >= 4 is 23.2 Å². The van der Waals surface area contributed by atoms with Gasteiger partial charge in [-0.05, 0) is 37.6 Å². The molecule has 2 aliphatic rings. The van der Waals surface area contributed by atoms with Crippen molar-refractivity contribution in [3.63, 3.8) is 0 Å². The summed E-state index contributed by atoms with van der Waals surface area (Å²) in [6.45, 7) is 9.08. The molecule has 0 saturated carbocycles. The molecule has 2 fully saturated rings. The Balaban J connectivity index is 1.60. The molecule has 2 saturated heterocycles. The van der Waals surface area contributed by atoms with Crippen LogP contribution >= 0.6 is 23.2 Å². The second-order valence-electron chi connectivity index (χ2n) is 6.06. The molecule has 0 aromatic heterocycles. The second-order valence-corrected chi connectivity index (χ2v) is 6.90. The van der Waals surface area contributed by atoms with E-state index < -0.39 is 0 Å². The van der Waals surface area contributed by atoms with Crippen LogP contribution in [0.15, 0.2) is 18.2 Å². The summed E-state index contributed by atoms with van der Waals surface area (Å²) in [5, 5.41) is 4.94. The number of piperazine rings is 1. The van der Waals surface area contributed by atoms with Gasteiger partial charge in [0.2, 0.25) is 0 Å². The highest BCUT2D eigenvalue weighted by Crippen LogP contribution is 2.30. The number of rotatable bonds is 3. The van der Waals surface area contributed by atoms with Gasteiger partial charge in [0.1, 0.15) is 0 Å². The lowest BCUT2D eigenvalue weighted by molar-refractivity contribution is 0.0787. The van der Waals surface area contributed by atoms with Gasteiger partial charge in [-0.15, -0.1) is 0 Å². The number of hydrogen-bond acceptors (Lipinski definition) is 3. The van der Waals surface area contributed by atoms with Crippen LogP contribution < -0.4 is 5.32 Å². The van der Waals surface area contributed by atoms with Crippen molar-refractivity contribution in [2.24, 2.45) is 0 Å².